The molecule has 7 nitrogen and oxygen atoms in total. The normalized spacial score (nSPS) is 12.0. The summed E-state index contributed by atoms with van der Waals surface area (Å²) < 4.78 is 1.92. The third-order valence-corrected chi connectivity index (χ3v) is 7.16. The van der Waals surface area contributed by atoms with Crippen LogP contribution in [-0.4, -0.2) is 32.3 Å². The summed E-state index contributed by atoms with van der Waals surface area (Å²) in [7, 11) is 0. The summed E-state index contributed by atoms with van der Waals surface area (Å²) in [6.07, 6.45) is 0.949. The quantitative estimate of drug-likeness (QED) is 0.311. The molecule has 10 heteroatoms. The van der Waals surface area contributed by atoms with Crippen LogP contribution in [0.5, 0.6) is 0 Å². The van der Waals surface area contributed by atoms with Gasteiger partial charge in [-0.25, -0.2) is 0 Å². The first-order valence-electron chi connectivity index (χ1n) is 11.4. The Balaban J connectivity index is 1.70. The van der Waals surface area contributed by atoms with Crippen LogP contribution in [0.2, 0.25) is 10.0 Å². The van der Waals surface area contributed by atoms with Gasteiger partial charge in [0.05, 0.1) is 21.8 Å². The highest BCUT2D eigenvalue weighted by Crippen LogP contribution is 2.27. The Hall–Kier alpha value is -2.55. The predicted octanol–water partition coefficient (Wildman–Crippen LogP) is 6.03. The molecule has 1 aromatic heterocycles. The number of hydrogen-bond acceptors (Lipinski definition) is 5. The molecule has 2 N–H and O–H groups in total. The minimum Gasteiger partial charge on any atom is -0.342 e. The fourth-order valence-electron chi connectivity index (χ4n) is 3.48. The molecule has 186 valence electrons. The van der Waals surface area contributed by atoms with E-state index in [0.29, 0.717) is 33.1 Å². The maximum Gasteiger partial charge on any atom is 0.251 e. The maximum absolute atomic E-state index is 12.9. The summed E-state index contributed by atoms with van der Waals surface area (Å²) in [5, 5.41) is 15.9. The number of carbonyl (C=O) groups is 2. The van der Waals surface area contributed by atoms with Crippen molar-refractivity contribution in [2.75, 3.05) is 11.1 Å². The number of nitrogens with one attached hydrogen (secondary N) is 2. The fourth-order valence-corrected chi connectivity index (χ4v) is 4.58. The number of carbonyl (C=O) groups excluding carboxylic acids is 2. The summed E-state index contributed by atoms with van der Waals surface area (Å²) in [6, 6.07) is 12.2. The molecule has 35 heavy (non-hydrogen) atoms. The smallest absolute Gasteiger partial charge is 0.251 e. The number of aromatic nitrogens is 3. The number of amides is 2. The lowest BCUT2D eigenvalue weighted by Crippen LogP contribution is -2.33. The van der Waals surface area contributed by atoms with Crippen molar-refractivity contribution in [3.8, 4) is 0 Å². The number of thioether (sulfide) groups is 1. The van der Waals surface area contributed by atoms with Crippen LogP contribution in [0, 0.1) is 5.92 Å². The molecule has 0 radical (unpaired) electrons. The molecular formula is C25H29Cl2N5O2S. The van der Waals surface area contributed by atoms with Gasteiger partial charge in [-0.2, -0.15) is 0 Å². The first kappa shape index (κ1) is 27.0. The van der Waals surface area contributed by atoms with Gasteiger partial charge >= 0.3 is 0 Å². The lowest BCUT2D eigenvalue weighted by atomic mass is 10.0. The predicted molar refractivity (Wildman–Crippen MR) is 142 cm³/mol. The zero-order valence-electron chi connectivity index (χ0n) is 20.1. The van der Waals surface area contributed by atoms with Gasteiger partial charge in [0.2, 0.25) is 5.91 Å². The second-order valence-electron chi connectivity index (χ2n) is 8.30. The standard InChI is InChI=1S/C25H29Cl2N5O2S/c1-5-16-7-10-18(11-8-16)28-21(33)14-35-25-31-30-23(32(25)6-2)22(15(3)4)29-24(34)17-9-12-19(26)20(27)13-17/h7-13,15,22H,5-6,14H2,1-4H3,(H,28,33)(H,29,34)/t22-/m0/s1. The summed E-state index contributed by atoms with van der Waals surface area (Å²) in [5.74, 6) is 0.461. The van der Waals surface area contributed by atoms with Gasteiger partial charge in [0.1, 0.15) is 0 Å². The number of benzene rings is 2. The van der Waals surface area contributed by atoms with Crippen molar-refractivity contribution >= 4 is 52.5 Å². The SMILES string of the molecule is CCc1ccc(NC(=O)CSc2nnc([C@@H](NC(=O)c3ccc(Cl)c(Cl)c3)C(C)C)n2CC)cc1. The van der Waals surface area contributed by atoms with Gasteiger partial charge in [0.25, 0.3) is 5.91 Å². The Kier molecular flexibility index (Phi) is 9.60. The van der Waals surface area contributed by atoms with E-state index < -0.39 is 0 Å². The molecule has 0 aliphatic carbocycles. The van der Waals surface area contributed by atoms with Crippen LogP contribution < -0.4 is 10.6 Å². The Morgan fingerprint density at radius 3 is 2.34 bits per heavy atom. The molecule has 0 saturated heterocycles. The third kappa shape index (κ3) is 6.99. The highest BCUT2D eigenvalue weighted by Gasteiger charge is 2.26. The van der Waals surface area contributed by atoms with E-state index >= 15 is 0 Å². The van der Waals surface area contributed by atoms with Gasteiger partial charge in [-0.3, -0.25) is 9.59 Å². The average Bonchev–Trinajstić information content (AvgIpc) is 3.25. The molecule has 0 bridgehead atoms. The molecule has 0 saturated carbocycles. The van der Waals surface area contributed by atoms with Crippen molar-refractivity contribution in [2.45, 2.75) is 51.9 Å². The van der Waals surface area contributed by atoms with Crippen molar-refractivity contribution in [1.29, 1.82) is 0 Å². The molecule has 0 aliphatic rings. The molecule has 0 aliphatic heterocycles. The van der Waals surface area contributed by atoms with Crippen LogP contribution in [0.15, 0.2) is 47.6 Å². The lowest BCUT2D eigenvalue weighted by Gasteiger charge is -2.22. The number of nitrogens with zero attached hydrogens (tertiary/aromatic N) is 3. The van der Waals surface area contributed by atoms with E-state index in [2.05, 4.69) is 27.8 Å². The minimum absolute atomic E-state index is 0.0449. The van der Waals surface area contributed by atoms with Crippen LogP contribution in [0.1, 0.15) is 55.5 Å². The summed E-state index contributed by atoms with van der Waals surface area (Å²) >= 11 is 13.4. The first-order chi connectivity index (χ1) is 16.7. The van der Waals surface area contributed by atoms with Crippen molar-refractivity contribution in [3.05, 3.63) is 69.5 Å². The Morgan fingerprint density at radius 1 is 1.03 bits per heavy atom. The van der Waals surface area contributed by atoms with Gasteiger partial charge in [0, 0.05) is 17.8 Å². The molecule has 1 heterocycles. The minimum atomic E-state index is -0.385. The van der Waals surface area contributed by atoms with Gasteiger partial charge in [-0.15, -0.1) is 10.2 Å². The van der Waals surface area contributed by atoms with Crippen molar-refractivity contribution in [3.63, 3.8) is 0 Å². The molecule has 2 aromatic carbocycles. The first-order valence-corrected chi connectivity index (χ1v) is 13.2. The molecule has 3 rings (SSSR count). The number of halogens is 2. The lowest BCUT2D eigenvalue weighted by molar-refractivity contribution is -0.113. The molecule has 3 aromatic rings. The highest BCUT2D eigenvalue weighted by molar-refractivity contribution is 7.99. The molecule has 0 fully saturated rings. The van der Waals surface area contributed by atoms with Gasteiger partial charge in [0.15, 0.2) is 11.0 Å². The molecule has 0 spiro atoms. The zero-order chi connectivity index (χ0) is 25.5. The van der Waals surface area contributed by atoms with E-state index in [9.17, 15) is 9.59 Å². The van der Waals surface area contributed by atoms with E-state index in [0.717, 1.165) is 12.1 Å². The highest BCUT2D eigenvalue weighted by atomic mass is 35.5. The van der Waals surface area contributed by atoms with Crippen molar-refractivity contribution in [1.82, 2.24) is 20.1 Å². The second-order valence-corrected chi connectivity index (χ2v) is 10.1. The van der Waals surface area contributed by atoms with Crippen LogP contribution in [0.3, 0.4) is 0 Å². The topological polar surface area (TPSA) is 88.9 Å². The van der Waals surface area contributed by atoms with E-state index in [1.54, 1.807) is 12.1 Å². The van der Waals surface area contributed by atoms with Gasteiger partial charge in [-0.1, -0.05) is 67.9 Å². The molecule has 0 unspecified atom stereocenters. The van der Waals surface area contributed by atoms with E-state index in [-0.39, 0.29) is 29.5 Å². The second kappa shape index (κ2) is 12.4. The summed E-state index contributed by atoms with van der Waals surface area (Å²) in [4.78, 5) is 25.4. The average molecular weight is 535 g/mol. The van der Waals surface area contributed by atoms with Crippen LogP contribution >= 0.6 is 35.0 Å². The maximum atomic E-state index is 12.9. The third-order valence-electron chi connectivity index (χ3n) is 5.45. The van der Waals surface area contributed by atoms with Crippen molar-refractivity contribution in [2.24, 2.45) is 5.92 Å². The van der Waals surface area contributed by atoms with E-state index in [4.69, 9.17) is 23.2 Å². The van der Waals surface area contributed by atoms with Gasteiger partial charge < -0.3 is 15.2 Å². The molecule has 1 atom stereocenters. The molecular weight excluding hydrogens is 505 g/mol. The largest absolute Gasteiger partial charge is 0.342 e. The number of anilines is 1. The van der Waals surface area contributed by atoms with E-state index in [1.165, 1.54) is 23.4 Å². The van der Waals surface area contributed by atoms with Crippen LogP contribution in [0.25, 0.3) is 0 Å². The number of rotatable bonds is 10. The Labute approximate surface area is 220 Å². The van der Waals surface area contributed by atoms with Crippen LogP contribution in [-0.2, 0) is 17.8 Å². The Morgan fingerprint density at radius 2 is 1.74 bits per heavy atom. The monoisotopic (exact) mass is 533 g/mol. The van der Waals surface area contributed by atoms with Crippen LogP contribution in [0.4, 0.5) is 5.69 Å². The molecule has 2 amide bonds. The Bertz CT molecular complexity index is 1180. The summed E-state index contributed by atoms with van der Waals surface area (Å²) in [5.41, 5.74) is 2.38. The number of aryl methyl sites for hydroxylation is 1. The van der Waals surface area contributed by atoms with Crippen molar-refractivity contribution < 1.29 is 9.59 Å². The summed E-state index contributed by atoms with van der Waals surface area (Å²) in [6.45, 7) is 8.66. The fraction of sp³-hybridized carbons (Fsp3) is 0.360. The van der Waals surface area contributed by atoms with E-state index in [1.807, 2.05) is 49.6 Å². The number of hydrogen-bond donors (Lipinski definition) is 2. The zero-order valence-corrected chi connectivity index (χ0v) is 22.5. The van der Waals surface area contributed by atoms with Gasteiger partial charge in [-0.05, 0) is 55.2 Å².